The second-order valence-electron chi connectivity index (χ2n) is 4.14. The fourth-order valence-corrected chi connectivity index (χ4v) is 3.10. The number of halogens is 1. The van der Waals surface area contributed by atoms with Crippen molar-refractivity contribution < 1.29 is 9.53 Å². The Morgan fingerprint density at radius 1 is 1.44 bits per heavy atom. The fraction of sp³-hybridized carbons (Fsp3) is 0.462. The number of hydrogen-bond donors (Lipinski definition) is 1. The number of benzene rings is 1. The predicted octanol–water partition coefficient (Wildman–Crippen LogP) is 2.25. The van der Waals surface area contributed by atoms with Crippen LogP contribution in [-0.2, 0) is 15.3 Å². The molecule has 1 aliphatic heterocycles. The number of nitrogens with one attached hydrogen (secondary N) is 1. The minimum Gasteiger partial charge on any atom is -0.468 e. The van der Waals surface area contributed by atoms with Gasteiger partial charge in [0.1, 0.15) is 6.04 Å². The minimum atomic E-state index is -0.146. The normalized spacial score (nSPS) is 22.3. The smallest absolute Gasteiger partial charge is 0.322 e. The molecule has 0 unspecified atom stereocenters. The number of rotatable bonds is 4. The van der Waals surface area contributed by atoms with Gasteiger partial charge in [-0.3, -0.25) is 4.79 Å². The SMILES string of the molecule is COC(=O)[C@@H]1C[C@H](SCc2ccccc2)CN1.Cl. The summed E-state index contributed by atoms with van der Waals surface area (Å²) in [6.45, 7) is 0.886. The molecule has 1 heterocycles. The number of methoxy groups -OCH3 is 1. The van der Waals surface area contributed by atoms with Gasteiger partial charge in [-0.2, -0.15) is 11.8 Å². The topological polar surface area (TPSA) is 38.3 Å². The average Bonchev–Trinajstić information content (AvgIpc) is 2.85. The van der Waals surface area contributed by atoms with E-state index in [-0.39, 0.29) is 24.4 Å². The van der Waals surface area contributed by atoms with Crippen LogP contribution in [0.4, 0.5) is 0 Å². The van der Waals surface area contributed by atoms with E-state index in [9.17, 15) is 4.79 Å². The van der Waals surface area contributed by atoms with Gasteiger partial charge in [0, 0.05) is 17.5 Å². The molecule has 0 amide bonds. The average molecular weight is 288 g/mol. The fourth-order valence-electron chi connectivity index (χ4n) is 1.94. The van der Waals surface area contributed by atoms with Gasteiger partial charge < -0.3 is 10.1 Å². The first kappa shape index (κ1) is 15.3. The Balaban J connectivity index is 0.00000162. The standard InChI is InChI=1S/C13H17NO2S.ClH/c1-16-13(15)12-7-11(8-14-12)17-9-10-5-3-2-4-6-10;/h2-6,11-12,14H,7-9H2,1H3;1H/t11-,12-;/m0./s1. The van der Waals surface area contributed by atoms with Gasteiger partial charge in [0.2, 0.25) is 0 Å². The molecule has 100 valence electrons. The Kier molecular flexibility index (Phi) is 6.54. The van der Waals surface area contributed by atoms with E-state index in [1.165, 1.54) is 12.7 Å². The number of esters is 1. The number of hydrogen-bond acceptors (Lipinski definition) is 4. The van der Waals surface area contributed by atoms with Crippen molar-refractivity contribution in [3.8, 4) is 0 Å². The van der Waals surface area contributed by atoms with Crippen molar-refractivity contribution in [1.82, 2.24) is 5.32 Å². The second kappa shape index (κ2) is 7.67. The Bertz CT molecular complexity index is 375. The molecule has 0 bridgehead atoms. The van der Waals surface area contributed by atoms with E-state index in [1.54, 1.807) is 0 Å². The number of ether oxygens (including phenoxy) is 1. The Morgan fingerprint density at radius 3 is 2.83 bits per heavy atom. The molecule has 1 aromatic rings. The van der Waals surface area contributed by atoms with E-state index < -0.39 is 0 Å². The van der Waals surface area contributed by atoms with Crippen LogP contribution in [0.1, 0.15) is 12.0 Å². The molecule has 18 heavy (non-hydrogen) atoms. The van der Waals surface area contributed by atoms with Crippen LogP contribution in [0.15, 0.2) is 30.3 Å². The van der Waals surface area contributed by atoms with E-state index in [0.717, 1.165) is 18.7 Å². The summed E-state index contributed by atoms with van der Waals surface area (Å²) >= 11 is 1.90. The van der Waals surface area contributed by atoms with E-state index in [0.29, 0.717) is 5.25 Å². The summed E-state index contributed by atoms with van der Waals surface area (Å²) in [6.07, 6.45) is 0.865. The maximum absolute atomic E-state index is 11.3. The van der Waals surface area contributed by atoms with Crippen LogP contribution >= 0.6 is 24.2 Å². The van der Waals surface area contributed by atoms with Crippen molar-refractivity contribution >= 4 is 30.1 Å². The summed E-state index contributed by atoms with van der Waals surface area (Å²) in [5.74, 6) is 0.856. The van der Waals surface area contributed by atoms with Crippen LogP contribution in [0.2, 0.25) is 0 Å². The zero-order valence-electron chi connectivity index (χ0n) is 10.3. The lowest BCUT2D eigenvalue weighted by molar-refractivity contribution is -0.142. The second-order valence-corrected chi connectivity index (χ2v) is 5.43. The number of carbonyl (C=O) groups excluding carboxylic acids is 1. The Hall–Kier alpha value is -0.710. The maximum atomic E-state index is 11.3. The molecule has 0 radical (unpaired) electrons. The molecule has 1 saturated heterocycles. The van der Waals surface area contributed by atoms with Gasteiger partial charge in [0.25, 0.3) is 0 Å². The zero-order valence-corrected chi connectivity index (χ0v) is 11.9. The lowest BCUT2D eigenvalue weighted by atomic mass is 10.2. The molecule has 1 aromatic carbocycles. The monoisotopic (exact) mass is 287 g/mol. The molecule has 0 aromatic heterocycles. The molecular weight excluding hydrogens is 270 g/mol. The van der Waals surface area contributed by atoms with E-state index in [2.05, 4.69) is 29.6 Å². The predicted molar refractivity (Wildman–Crippen MR) is 77.2 cm³/mol. The van der Waals surface area contributed by atoms with Crippen molar-refractivity contribution in [2.75, 3.05) is 13.7 Å². The third-order valence-electron chi connectivity index (χ3n) is 2.90. The summed E-state index contributed by atoms with van der Waals surface area (Å²) < 4.78 is 4.73. The molecule has 3 nitrogen and oxygen atoms in total. The van der Waals surface area contributed by atoms with Gasteiger partial charge in [-0.15, -0.1) is 12.4 Å². The molecule has 2 rings (SSSR count). The number of thioether (sulfide) groups is 1. The summed E-state index contributed by atoms with van der Waals surface area (Å²) in [6, 6.07) is 10.3. The summed E-state index contributed by atoms with van der Waals surface area (Å²) in [5, 5.41) is 3.70. The van der Waals surface area contributed by atoms with Gasteiger partial charge in [0.15, 0.2) is 0 Å². The summed E-state index contributed by atoms with van der Waals surface area (Å²) in [4.78, 5) is 11.3. The highest BCUT2D eigenvalue weighted by Gasteiger charge is 2.30. The quantitative estimate of drug-likeness (QED) is 0.862. The molecule has 0 saturated carbocycles. The van der Waals surface area contributed by atoms with Crippen LogP contribution in [0.3, 0.4) is 0 Å². The molecular formula is C13H18ClNO2S. The van der Waals surface area contributed by atoms with Crippen LogP contribution < -0.4 is 5.32 Å². The van der Waals surface area contributed by atoms with Gasteiger partial charge in [0.05, 0.1) is 7.11 Å². The molecule has 1 N–H and O–H groups in total. The first-order chi connectivity index (χ1) is 8.29. The van der Waals surface area contributed by atoms with Gasteiger partial charge in [-0.25, -0.2) is 0 Å². The van der Waals surface area contributed by atoms with E-state index in [4.69, 9.17) is 4.74 Å². The Labute approximate surface area is 118 Å². The molecule has 0 spiro atoms. The first-order valence-electron chi connectivity index (χ1n) is 5.76. The largest absolute Gasteiger partial charge is 0.468 e. The van der Waals surface area contributed by atoms with E-state index in [1.807, 2.05) is 17.8 Å². The first-order valence-corrected chi connectivity index (χ1v) is 6.81. The molecule has 1 aliphatic rings. The molecule has 1 fully saturated rings. The Morgan fingerprint density at radius 2 is 2.17 bits per heavy atom. The highest BCUT2D eigenvalue weighted by Crippen LogP contribution is 2.25. The van der Waals surface area contributed by atoms with Gasteiger partial charge in [-0.1, -0.05) is 30.3 Å². The summed E-state index contributed by atoms with van der Waals surface area (Å²) in [7, 11) is 1.44. The van der Waals surface area contributed by atoms with E-state index >= 15 is 0 Å². The van der Waals surface area contributed by atoms with Crippen molar-refractivity contribution in [3.63, 3.8) is 0 Å². The van der Waals surface area contributed by atoms with Crippen molar-refractivity contribution in [2.45, 2.75) is 23.5 Å². The van der Waals surface area contributed by atoms with Crippen molar-refractivity contribution in [3.05, 3.63) is 35.9 Å². The molecule has 5 heteroatoms. The highest BCUT2D eigenvalue weighted by molar-refractivity contribution is 7.99. The third-order valence-corrected chi connectivity index (χ3v) is 4.24. The van der Waals surface area contributed by atoms with Crippen LogP contribution in [-0.4, -0.2) is 30.9 Å². The molecule has 2 atom stereocenters. The lowest BCUT2D eigenvalue weighted by Crippen LogP contribution is -2.31. The van der Waals surface area contributed by atoms with Crippen LogP contribution in [0.25, 0.3) is 0 Å². The zero-order chi connectivity index (χ0) is 12.1. The third kappa shape index (κ3) is 4.19. The van der Waals surface area contributed by atoms with Gasteiger partial charge >= 0.3 is 5.97 Å². The van der Waals surface area contributed by atoms with Crippen LogP contribution in [0.5, 0.6) is 0 Å². The minimum absolute atomic E-state index is 0. The maximum Gasteiger partial charge on any atom is 0.322 e. The van der Waals surface area contributed by atoms with Crippen molar-refractivity contribution in [1.29, 1.82) is 0 Å². The molecule has 0 aliphatic carbocycles. The lowest BCUT2D eigenvalue weighted by Gasteiger charge is -2.08. The van der Waals surface area contributed by atoms with Crippen LogP contribution in [0, 0.1) is 0 Å². The van der Waals surface area contributed by atoms with Crippen molar-refractivity contribution in [2.24, 2.45) is 0 Å². The summed E-state index contributed by atoms with van der Waals surface area (Å²) in [5.41, 5.74) is 1.33. The highest BCUT2D eigenvalue weighted by atomic mass is 35.5. The number of carbonyl (C=O) groups is 1. The van der Waals surface area contributed by atoms with Gasteiger partial charge in [-0.05, 0) is 12.0 Å².